The van der Waals surface area contributed by atoms with Crippen LogP contribution in [0.2, 0.25) is 3.67 Å². The topological polar surface area (TPSA) is 0 Å². The molecule has 0 N–H and O–H groups in total. The second-order valence-electron chi connectivity index (χ2n) is 3.57. The summed E-state index contributed by atoms with van der Waals surface area (Å²) in [5, 5.41) is 0. The van der Waals surface area contributed by atoms with E-state index in [1.54, 1.807) is 6.07 Å². The van der Waals surface area contributed by atoms with Crippen LogP contribution in [0.1, 0.15) is 31.7 Å². The third kappa shape index (κ3) is 11.2. The summed E-state index contributed by atoms with van der Waals surface area (Å²) >= 11 is 1.40. The molecule has 0 amide bonds. The van der Waals surface area contributed by atoms with Crippen LogP contribution in [0.15, 0.2) is 30.3 Å². The summed E-state index contributed by atoms with van der Waals surface area (Å²) in [5.74, 6) is 0. The molecule has 1 rings (SSSR count). The molecule has 0 fully saturated rings. The van der Waals surface area contributed by atoms with Gasteiger partial charge >= 0.3 is 64.0 Å². The molecule has 0 bridgehead atoms. The maximum absolute atomic E-state index is 11.8. The quantitative estimate of drug-likeness (QED) is 0.559. The van der Waals surface area contributed by atoms with E-state index in [9.17, 15) is 13.2 Å². The standard InChI is InChI=1S/C7H5F3.C5H11.Na.H2S/c8-7(9,10)6-4-2-1-3-5-6;1-3-5-4-2;;/h1-5H;1,3-5H2,2H3;;1H2. The fraction of sp³-hybridized carbons (Fsp3) is 0.500. The Morgan fingerprint density at radius 3 is 1.82 bits per heavy atom. The zero-order valence-electron chi connectivity index (χ0n) is 10.3. The predicted octanol–water partition coefficient (Wildman–Crippen LogP) is 4.58. The van der Waals surface area contributed by atoms with Crippen molar-refractivity contribution in [2.75, 3.05) is 0 Å². The SMILES string of the molecule is CCCC[CH2][Na].FC(F)(F)c1ccccc1.S. The first-order valence-electron chi connectivity index (χ1n) is 5.64. The molecule has 0 aliphatic heterocycles. The maximum Gasteiger partial charge on any atom is 0.416 e. The van der Waals surface area contributed by atoms with Gasteiger partial charge < -0.3 is 0 Å². The minimum atomic E-state index is -4.21. The van der Waals surface area contributed by atoms with Gasteiger partial charge in [-0.2, -0.15) is 26.7 Å². The van der Waals surface area contributed by atoms with Gasteiger partial charge in [0.15, 0.2) is 0 Å². The number of halogens is 3. The molecule has 0 unspecified atom stereocenters. The first-order valence-corrected chi connectivity index (χ1v) is 7.06. The number of benzene rings is 1. The summed E-state index contributed by atoms with van der Waals surface area (Å²) in [4.78, 5) is 0. The third-order valence-electron chi connectivity index (χ3n) is 2.06. The van der Waals surface area contributed by atoms with Gasteiger partial charge in [-0.15, -0.1) is 0 Å². The summed E-state index contributed by atoms with van der Waals surface area (Å²) in [7, 11) is 0. The molecule has 0 aromatic heterocycles. The van der Waals surface area contributed by atoms with Crippen molar-refractivity contribution in [3.63, 3.8) is 0 Å². The smallest absolute Gasteiger partial charge is 0.197 e. The van der Waals surface area contributed by atoms with Gasteiger partial charge in [0.2, 0.25) is 0 Å². The minimum absolute atomic E-state index is 0. The van der Waals surface area contributed by atoms with Crippen LogP contribution in [-0.4, -0.2) is 27.9 Å². The van der Waals surface area contributed by atoms with Crippen molar-refractivity contribution in [3.05, 3.63) is 35.9 Å². The van der Waals surface area contributed by atoms with Gasteiger partial charge in [0.25, 0.3) is 0 Å². The molecular weight excluding hydrogens is 256 g/mol. The Morgan fingerprint density at radius 2 is 1.59 bits per heavy atom. The maximum atomic E-state index is 11.8. The molecule has 0 heterocycles. The molecule has 1 aromatic rings. The molecule has 0 aliphatic carbocycles. The van der Waals surface area contributed by atoms with Crippen LogP contribution in [0.3, 0.4) is 0 Å². The monoisotopic (exact) mass is 274 g/mol. The molecular formula is C12H18F3NaS. The van der Waals surface area contributed by atoms with Crippen molar-refractivity contribution in [2.24, 2.45) is 0 Å². The van der Waals surface area contributed by atoms with Crippen molar-refractivity contribution in [2.45, 2.75) is 36.0 Å². The van der Waals surface area contributed by atoms with Crippen LogP contribution >= 0.6 is 13.5 Å². The fourth-order valence-corrected chi connectivity index (χ4v) is 1.63. The largest absolute Gasteiger partial charge is 0.416 e. The van der Waals surface area contributed by atoms with E-state index in [2.05, 4.69) is 6.92 Å². The summed E-state index contributed by atoms with van der Waals surface area (Å²) < 4.78 is 36.9. The summed E-state index contributed by atoms with van der Waals surface area (Å²) in [6.45, 7) is 2.25. The molecule has 1 aromatic carbocycles. The van der Waals surface area contributed by atoms with E-state index in [0.717, 1.165) is 12.1 Å². The Labute approximate surface area is 126 Å². The zero-order valence-corrected chi connectivity index (χ0v) is 13.3. The molecule has 0 radical (unpaired) electrons. The average Bonchev–Trinajstić information content (AvgIpc) is 2.27. The van der Waals surface area contributed by atoms with Gasteiger partial charge in [0, 0.05) is 0 Å². The van der Waals surface area contributed by atoms with E-state index in [1.165, 1.54) is 63.0 Å². The summed E-state index contributed by atoms with van der Waals surface area (Å²) in [5.41, 5.74) is -0.602. The first kappa shape index (κ1) is 19.7. The van der Waals surface area contributed by atoms with Crippen LogP contribution in [0.25, 0.3) is 0 Å². The van der Waals surface area contributed by atoms with E-state index in [0.29, 0.717) is 0 Å². The second kappa shape index (κ2) is 11.5. The number of hydrogen-bond acceptors (Lipinski definition) is 0. The molecule has 0 saturated carbocycles. The van der Waals surface area contributed by atoms with E-state index in [-0.39, 0.29) is 13.5 Å². The Balaban J connectivity index is 0. The van der Waals surface area contributed by atoms with Crippen molar-refractivity contribution < 1.29 is 13.2 Å². The van der Waals surface area contributed by atoms with Crippen molar-refractivity contribution >= 4 is 41.4 Å². The average molecular weight is 274 g/mol. The van der Waals surface area contributed by atoms with Gasteiger partial charge in [-0.3, -0.25) is 0 Å². The number of alkyl halides is 3. The van der Waals surface area contributed by atoms with Crippen LogP contribution < -0.4 is 0 Å². The van der Waals surface area contributed by atoms with Gasteiger partial charge in [-0.25, -0.2) is 0 Å². The Hall–Kier alpha value is 0.360. The second-order valence-corrected chi connectivity index (χ2v) is 4.57. The van der Waals surface area contributed by atoms with E-state index in [4.69, 9.17) is 0 Å². The normalized spacial score (nSPS) is 10.0. The molecule has 94 valence electrons. The van der Waals surface area contributed by atoms with Gasteiger partial charge in [0.05, 0.1) is 5.56 Å². The minimum Gasteiger partial charge on any atom is -0.197 e. The molecule has 0 saturated heterocycles. The Bertz CT molecular complexity index is 258. The van der Waals surface area contributed by atoms with Crippen LogP contribution in [0.4, 0.5) is 13.2 Å². The molecule has 0 aliphatic rings. The molecule has 0 atom stereocenters. The predicted molar refractivity (Wildman–Crippen MR) is 71.9 cm³/mol. The number of hydrogen-bond donors (Lipinski definition) is 0. The number of rotatable bonds is 3. The van der Waals surface area contributed by atoms with Crippen LogP contribution in [0, 0.1) is 0 Å². The van der Waals surface area contributed by atoms with Crippen LogP contribution in [-0.2, 0) is 6.18 Å². The van der Waals surface area contributed by atoms with Gasteiger partial charge in [0.1, 0.15) is 0 Å². The Kier molecular flexibility index (Phi) is 13.3. The van der Waals surface area contributed by atoms with E-state index in [1.807, 2.05) is 0 Å². The zero-order chi connectivity index (χ0) is 12.4. The van der Waals surface area contributed by atoms with Crippen molar-refractivity contribution in [1.29, 1.82) is 0 Å². The van der Waals surface area contributed by atoms with Gasteiger partial charge in [-0.05, 0) is 0 Å². The van der Waals surface area contributed by atoms with Crippen molar-refractivity contribution in [3.8, 4) is 0 Å². The fourth-order valence-electron chi connectivity index (χ4n) is 1.13. The number of unbranched alkanes of at least 4 members (excludes halogenated alkanes) is 2. The summed E-state index contributed by atoms with van der Waals surface area (Å²) in [6, 6.07) is 6.36. The Morgan fingerprint density at radius 1 is 1.06 bits per heavy atom. The van der Waals surface area contributed by atoms with E-state index >= 15 is 0 Å². The molecule has 0 spiro atoms. The molecule has 5 heteroatoms. The van der Waals surface area contributed by atoms with Crippen LogP contribution in [0.5, 0.6) is 0 Å². The summed E-state index contributed by atoms with van der Waals surface area (Å²) in [6.07, 6.45) is 0.0930. The first-order chi connectivity index (χ1) is 7.52. The third-order valence-corrected chi connectivity index (χ3v) is 2.77. The molecule has 0 nitrogen and oxygen atoms in total. The van der Waals surface area contributed by atoms with Gasteiger partial charge in [-0.1, -0.05) is 30.3 Å². The molecule has 17 heavy (non-hydrogen) atoms. The van der Waals surface area contributed by atoms with E-state index < -0.39 is 11.7 Å². The van der Waals surface area contributed by atoms with Crippen molar-refractivity contribution in [1.82, 2.24) is 0 Å².